The van der Waals surface area contributed by atoms with Crippen LogP contribution in [-0.2, 0) is 4.79 Å². The lowest BCUT2D eigenvalue weighted by Gasteiger charge is -2.31. The first-order chi connectivity index (χ1) is 8.83. The number of nitrogens with zero attached hydrogens (tertiary/aromatic N) is 1. The van der Waals surface area contributed by atoms with Crippen LogP contribution >= 0.6 is 12.4 Å². The van der Waals surface area contributed by atoms with Gasteiger partial charge in [-0.3, -0.25) is 4.79 Å². The van der Waals surface area contributed by atoms with Crippen molar-refractivity contribution in [3.05, 3.63) is 0 Å². The molecule has 1 aliphatic heterocycles. The van der Waals surface area contributed by atoms with E-state index in [1.54, 1.807) is 0 Å². The van der Waals surface area contributed by atoms with E-state index in [1.807, 2.05) is 0 Å². The highest BCUT2D eigenvalue weighted by molar-refractivity contribution is 5.85. The van der Waals surface area contributed by atoms with Gasteiger partial charge in [-0.15, -0.1) is 12.4 Å². The van der Waals surface area contributed by atoms with E-state index >= 15 is 0 Å². The van der Waals surface area contributed by atoms with Gasteiger partial charge in [-0.05, 0) is 32.2 Å². The maximum atomic E-state index is 12.7. The average Bonchev–Trinajstić information content (AvgIpc) is 2.77. The van der Waals surface area contributed by atoms with Crippen molar-refractivity contribution in [2.75, 3.05) is 19.6 Å². The van der Waals surface area contributed by atoms with Crippen molar-refractivity contribution >= 4 is 18.3 Å². The van der Waals surface area contributed by atoms with E-state index in [4.69, 9.17) is 0 Å². The number of carbonyl (C=O) groups excluding carboxylic acids is 1. The van der Waals surface area contributed by atoms with Gasteiger partial charge >= 0.3 is 0 Å². The first-order valence-electron chi connectivity index (χ1n) is 7.84. The molecule has 1 saturated carbocycles. The number of nitrogens with one attached hydrogen (secondary N) is 1. The highest BCUT2D eigenvalue weighted by atomic mass is 35.5. The number of hydrogen-bond acceptors (Lipinski definition) is 2. The number of carbonyl (C=O) groups is 1. The number of halogens is 1. The smallest absolute Gasteiger partial charge is 0.225 e. The average molecular weight is 289 g/mol. The second-order valence-electron chi connectivity index (χ2n) is 5.87. The maximum Gasteiger partial charge on any atom is 0.225 e. The Labute approximate surface area is 123 Å². The minimum Gasteiger partial charge on any atom is -0.338 e. The molecule has 1 atom stereocenters. The standard InChI is InChI=1S/C15H28N2O.ClH/c1-2-11-17(14-9-10-16-12-14)15(18)13-7-5-3-4-6-8-13;/h13-14,16H,2-12H2,1H3;1H. The van der Waals surface area contributed by atoms with Crippen molar-refractivity contribution < 1.29 is 4.79 Å². The molecule has 1 saturated heterocycles. The molecule has 2 fully saturated rings. The van der Waals surface area contributed by atoms with Crippen molar-refractivity contribution in [1.29, 1.82) is 0 Å². The molecule has 4 heteroatoms. The third-order valence-corrected chi connectivity index (χ3v) is 4.43. The molecular weight excluding hydrogens is 260 g/mol. The molecule has 1 amide bonds. The van der Waals surface area contributed by atoms with Crippen molar-refractivity contribution in [1.82, 2.24) is 10.2 Å². The Morgan fingerprint density at radius 2 is 1.84 bits per heavy atom. The van der Waals surface area contributed by atoms with E-state index in [2.05, 4.69) is 17.1 Å². The van der Waals surface area contributed by atoms with Crippen LogP contribution in [0.2, 0.25) is 0 Å². The van der Waals surface area contributed by atoms with Gasteiger partial charge < -0.3 is 10.2 Å². The molecule has 19 heavy (non-hydrogen) atoms. The summed E-state index contributed by atoms with van der Waals surface area (Å²) in [4.78, 5) is 14.9. The Balaban J connectivity index is 0.00000180. The Hall–Kier alpha value is -0.280. The largest absolute Gasteiger partial charge is 0.338 e. The third kappa shape index (κ3) is 4.64. The van der Waals surface area contributed by atoms with E-state index < -0.39 is 0 Å². The lowest BCUT2D eigenvalue weighted by molar-refractivity contribution is -0.138. The lowest BCUT2D eigenvalue weighted by Crippen LogP contribution is -2.45. The zero-order valence-corrected chi connectivity index (χ0v) is 13.0. The molecule has 0 spiro atoms. The maximum absolute atomic E-state index is 12.7. The van der Waals surface area contributed by atoms with E-state index in [-0.39, 0.29) is 12.4 Å². The van der Waals surface area contributed by atoms with Gasteiger partial charge in [0.2, 0.25) is 5.91 Å². The topological polar surface area (TPSA) is 32.3 Å². The fourth-order valence-corrected chi connectivity index (χ4v) is 3.38. The molecule has 1 heterocycles. The number of rotatable bonds is 4. The zero-order chi connectivity index (χ0) is 12.8. The fourth-order valence-electron chi connectivity index (χ4n) is 3.38. The van der Waals surface area contributed by atoms with Crippen LogP contribution < -0.4 is 5.32 Å². The first kappa shape index (κ1) is 16.8. The van der Waals surface area contributed by atoms with Crippen molar-refractivity contribution in [3.63, 3.8) is 0 Å². The van der Waals surface area contributed by atoms with Crippen molar-refractivity contribution in [3.8, 4) is 0 Å². The van der Waals surface area contributed by atoms with Gasteiger partial charge in [0, 0.05) is 25.0 Å². The summed E-state index contributed by atoms with van der Waals surface area (Å²) >= 11 is 0. The van der Waals surface area contributed by atoms with Crippen molar-refractivity contribution in [2.24, 2.45) is 5.92 Å². The van der Waals surface area contributed by atoms with E-state index in [9.17, 15) is 4.79 Å². The predicted octanol–water partition coefficient (Wildman–Crippen LogP) is 2.98. The van der Waals surface area contributed by atoms with E-state index in [1.165, 1.54) is 25.7 Å². The molecule has 2 aliphatic rings. The van der Waals surface area contributed by atoms with Crippen LogP contribution in [0.5, 0.6) is 0 Å². The highest BCUT2D eigenvalue weighted by Gasteiger charge is 2.30. The fraction of sp³-hybridized carbons (Fsp3) is 0.933. The predicted molar refractivity (Wildman–Crippen MR) is 81.7 cm³/mol. The second kappa shape index (κ2) is 8.80. The highest BCUT2D eigenvalue weighted by Crippen LogP contribution is 2.26. The van der Waals surface area contributed by atoms with Gasteiger partial charge in [-0.2, -0.15) is 0 Å². The second-order valence-corrected chi connectivity index (χ2v) is 5.87. The molecule has 0 bridgehead atoms. The van der Waals surface area contributed by atoms with Crippen LogP contribution in [0.1, 0.15) is 58.3 Å². The third-order valence-electron chi connectivity index (χ3n) is 4.43. The molecule has 0 radical (unpaired) electrons. The van der Waals surface area contributed by atoms with Crippen molar-refractivity contribution in [2.45, 2.75) is 64.3 Å². The minimum atomic E-state index is 0. The Bertz CT molecular complexity index is 259. The van der Waals surface area contributed by atoms with Gasteiger partial charge in [0.05, 0.1) is 0 Å². The molecule has 1 unspecified atom stereocenters. The summed E-state index contributed by atoms with van der Waals surface area (Å²) in [6.45, 7) is 5.19. The molecule has 2 rings (SSSR count). The van der Waals surface area contributed by atoms with Crippen LogP contribution in [0.25, 0.3) is 0 Å². The molecule has 1 aliphatic carbocycles. The van der Waals surface area contributed by atoms with Crippen LogP contribution in [0.15, 0.2) is 0 Å². The van der Waals surface area contributed by atoms with Crippen LogP contribution in [0.3, 0.4) is 0 Å². The molecule has 0 aromatic carbocycles. The Morgan fingerprint density at radius 3 is 2.37 bits per heavy atom. The Morgan fingerprint density at radius 1 is 1.16 bits per heavy atom. The van der Waals surface area contributed by atoms with Crippen LogP contribution in [0.4, 0.5) is 0 Å². The Kier molecular flexibility index (Phi) is 7.77. The lowest BCUT2D eigenvalue weighted by atomic mass is 9.97. The number of amides is 1. The van der Waals surface area contributed by atoms with Gasteiger partial charge in [0.25, 0.3) is 0 Å². The SMILES string of the molecule is CCCN(C(=O)C1CCCCCC1)C1CCNC1.Cl. The van der Waals surface area contributed by atoms with Crippen LogP contribution in [0, 0.1) is 5.92 Å². The molecule has 3 nitrogen and oxygen atoms in total. The summed E-state index contributed by atoms with van der Waals surface area (Å²) in [6.07, 6.45) is 9.61. The summed E-state index contributed by atoms with van der Waals surface area (Å²) in [7, 11) is 0. The summed E-state index contributed by atoms with van der Waals surface area (Å²) in [5.41, 5.74) is 0. The summed E-state index contributed by atoms with van der Waals surface area (Å²) in [5.74, 6) is 0.770. The molecule has 0 aromatic rings. The molecule has 112 valence electrons. The monoisotopic (exact) mass is 288 g/mol. The zero-order valence-electron chi connectivity index (χ0n) is 12.2. The quantitative estimate of drug-likeness (QED) is 0.807. The van der Waals surface area contributed by atoms with Gasteiger partial charge in [0.1, 0.15) is 0 Å². The minimum absolute atomic E-state index is 0. The van der Waals surface area contributed by atoms with Crippen LogP contribution in [-0.4, -0.2) is 36.5 Å². The first-order valence-corrected chi connectivity index (χ1v) is 7.84. The number of hydrogen-bond donors (Lipinski definition) is 1. The molecular formula is C15H29ClN2O. The molecule has 0 aromatic heterocycles. The van der Waals surface area contributed by atoms with Gasteiger partial charge in [-0.1, -0.05) is 32.6 Å². The van der Waals surface area contributed by atoms with Gasteiger partial charge in [0.15, 0.2) is 0 Å². The molecule has 1 N–H and O–H groups in total. The summed E-state index contributed by atoms with van der Waals surface area (Å²) in [6, 6.07) is 0.459. The van der Waals surface area contributed by atoms with Gasteiger partial charge in [-0.25, -0.2) is 0 Å². The van der Waals surface area contributed by atoms with E-state index in [0.29, 0.717) is 17.9 Å². The summed E-state index contributed by atoms with van der Waals surface area (Å²) in [5, 5.41) is 3.39. The summed E-state index contributed by atoms with van der Waals surface area (Å²) < 4.78 is 0. The van der Waals surface area contributed by atoms with E-state index in [0.717, 1.165) is 45.3 Å². The normalized spacial score (nSPS) is 24.6.